The summed E-state index contributed by atoms with van der Waals surface area (Å²) in [6.07, 6.45) is 0.798. The number of anilines is 1. The third-order valence-corrected chi connectivity index (χ3v) is 4.43. The Bertz CT molecular complexity index is 546. The van der Waals surface area contributed by atoms with Crippen molar-refractivity contribution in [2.24, 2.45) is 11.7 Å². The Kier molecular flexibility index (Phi) is 7.82. The minimum Gasteiger partial charge on any atom is -0.332 e. The van der Waals surface area contributed by atoms with Gasteiger partial charge in [0.15, 0.2) is 0 Å². The van der Waals surface area contributed by atoms with Crippen molar-refractivity contribution in [1.29, 1.82) is 0 Å². The number of carbonyl (C=O) groups is 2. The molecule has 0 aliphatic rings. The van der Waals surface area contributed by atoms with E-state index in [-0.39, 0.29) is 24.3 Å². The van der Waals surface area contributed by atoms with Gasteiger partial charge in [0.2, 0.25) is 11.8 Å². The summed E-state index contributed by atoms with van der Waals surface area (Å²) < 4.78 is 0. The zero-order valence-corrected chi connectivity index (χ0v) is 15.1. The van der Waals surface area contributed by atoms with Crippen LogP contribution in [0.3, 0.4) is 0 Å². The summed E-state index contributed by atoms with van der Waals surface area (Å²) in [6, 6.07) is 4.33. The Hall–Kier alpha value is -1.30. The van der Waals surface area contributed by atoms with Gasteiger partial charge in [-0.2, -0.15) is 0 Å². The molecular formula is C16H23Cl2N3O2. The summed E-state index contributed by atoms with van der Waals surface area (Å²) >= 11 is 12.0. The second-order valence-electron chi connectivity index (χ2n) is 5.41. The first-order valence-electron chi connectivity index (χ1n) is 7.59. The van der Waals surface area contributed by atoms with Gasteiger partial charge in [-0.3, -0.25) is 9.59 Å². The predicted octanol–water partition coefficient (Wildman–Crippen LogP) is 3.15. The van der Waals surface area contributed by atoms with Crippen molar-refractivity contribution in [1.82, 2.24) is 4.90 Å². The van der Waals surface area contributed by atoms with E-state index in [1.54, 1.807) is 25.1 Å². The minimum atomic E-state index is -0.614. The molecule has 1 aromatic rings. The van der Waals surface area contributed by atoms with Gasteiger partial charge in [0, 0.05) is 6.54 Å². The lowest BCUT2D eigenvalue weighted by Gasteiger charge is -2.26. The number of para-hydroxylation sites is 1. The molecule has 0 aromatic heterocycles. The third kappa shape index (κ3) is 5.37. The fourth-order valence-corrected chi connectivity index (χ4v) is 2.52. The number of nitrogens with two attached hydrogens (primary N) is 1. The van der Waals surface area contributed by atoms with Crippen LogP contribution in [0.2, 0.25) is 10.0 Å². The first-order valence-corrected chi connectivity index (χ1v) is 8.35. The lowest BCUT2D eigenvalue weighted by molar-refractivity contribution is -0.136. The average Bonchev–Trinajstić information content (AvgIpc) is 2.54. The molecule has 2 atom stereocenters. The highest BCUT2D eigenvalue weighted by molar-refractivity contribution is 6.39. The van der Waals surface area contributed by atoms with Crippen molar-refractivity contribution < 1.29 is 9.59 Å². The summed E-state index contributed by atoms with van der Waals surface area (Å²) in [5, 5.41) is 3.33. The average molecular weight is 360 g/mol. The number of nitrogens with one attached hydrogen (secondary N) is 1. The molecule has 0 fully saturated rings. The molecule has 0 heterocycles. The molecule has 0 saturated heterocycles. The number of amides is 2. The van der Waals surface area contributed by atoms with Gasteiger partial charge in [-0.25, -0.2) is 0 Å². The topological polar surface area (TPSA) is 75.4 Å². The van der Waals surface area contributed by atoms with Gasteiger partial charge in [-0.05, 0) is 25.0 Å². The number of hydrogen-bond acceptors (Lipinski definition) is 3. The zero-order chi connectivity index (χ0) is 17.6. The Morgan fingerprint density at radius 2 is 1.83 bits per heavy atom. The molecule has 0 saturated carbocycles. The van der Waals surface area contributed by atoms with Crippen LogP contribution in [0.25, 0.3) is 0 Å². The van der Waals surface area contributed by atoms with Gasteiger partial charge >= 0.3 is 0 Å². The van der Waals surface area contributed by atoms with Crippen LogP contribution in [0.1, 0.15) is 27.2 Å². The number of nitrogens with zero attached hydrogens (tertiary/aromatic N) is 1. The maximum Gasteiger partial charge on any atom is 0.244 e. The lowest BCUT2D eigenvalue weighted by Crippen LogP contribution is -2.49. The van der Waals surface area contributed by atoms with Crippen LogP contribution < -0.4 is 11.1 Å². The zero-order valence-electron chi connectivity index (χ0n) is 13.6. The van der Waals surface area contributed by atoms with E-state index in [9.17, 15) is 9.59 Å². The van der Waals surface area contributed by atoms with Gasteiger partial charge in [-0.15, -0.1) is 0 Å². The van der Waals surface area contributed by atoms with Gasteiger partial charge in [-0.1, -0.05) is 49.5 Å². The number of halogens is 2. The molecule has 0 radical (unpaired) electrons. The molecule has 1 aromatic carbocycles. The molecule has 0 aliphatic heterocycles. The second kappa shape index (κ2) is 9.11. The van der Waals surface area contributed by atoms with E-state index in [2.05, 4.69) is 5.32 Å². The molecule has 0 spiro atoms. The van der Waals surface area contributed by atoms with Crippen LogP contribution >= 0.6 is 23.2 Å². The quantitative estimate of drug-likeness (QED) is 0.784. The highest BCUT2D eigenvalue weighted by atomic mass is 35.5. The van der Waals surface area contributed by atoms with E-state index < -0.39 is 6.04 Å². The fourth-order valence-electron chi connectivity index (χ4n) is 2.02. The molecule has 1 rings (SSSR count). The van der Waals surface area contributed by atoms with Gasteiger partial charge in [0.1, 0.15) is 0 Å². The maximum absolute atomic E-state index is 12.4. The molecule has 2 unspecified atom stereocenters. The largest absolute Gasteiger partial charge is 0.332 e. The molecule has 0 bridgehead atoms. The first kappa shape index (κ1) is 19.7. The molecule has 128 valence electrons. The summed E-state index contributed by atoms with van der Waals surface area (Å²) in [7, 11) is 0. The number of rotatable bonds is 7. The van der Waals surface area contributed by atoms with Crippen LogP contribution in [-0.2, 0) is 9.59 Å². The van der Waals surface area contributed by atoms with Crippen LogP contribution in [0, 0.1) is 5.92 Å². The van der Waals surface area contributed by atoms with Crippen molar-refractivity contribution in [3.63, 3.8) is 0 Å². The van der Waals surface area contributed by atoms with Crippen molar-refractivity contribution >= 4 is 40.7 Å². The molecule has 7 heteroatoms. The van der Waals surface area contributed by atoms with E-state index in [4.69, 9.17) is 28.9 Å². The molecule has 23 heavy (non-hydrogen) atoms. The number of benzene rings is 1. The lowest BCUT2D eigenvalue weighted by atomic mass is 9.99. The normalized spacial score (nSPS) is 13.3. The summed E-state index contributed by atoms with van der Waals surface area (Å²) in [4.78, 5) is 26.0. The highest BCUT2D eigenvalue weighted by Crippen LogP contribution is 2.29. The standard InChI is InChI=1S/C16H23Cl2N3O2/c1-4-10(3)14(19)16(23)21(5-2)9-13(22)20-15-11(17)7-6-8-12(15)18/h6-8,10,14H,4-5,9,19H2,1-3H3,(H,20,22). The Morgan fingerprint density at radius 3 is 2.30 bits per heavy atom. The minimum absolute atomic E-state index is 0.0534. The van der Waals surface area contributed by atoms with Crippen LogP contribution in [0.4, 0.5) is 5.69 Å². The third-order valence-electron chi connectivity index (χ3n) is 3.80. The Labute approximate surface area is 147 Å². The molecule has 3 N–H and O–H groups in total. The number of likely N-dealkylation sites (N-methyl/N-ethyl adjacent to an activating group) is 1. The SMILES string of the molecule is CCC(C)C(N)C(=O)N(CC)CC(=O)Nc1c(Cl)cccc1Cl. The predicted molar refractivity (Wildman–Crippen MR) is 94.8 cm³/mol. The summed E-state index contributed by atoms with van der Waals surface area (Å²) in [6.45, 7) is 5.99. The van der Waals surface area contributed by atoms with Crippen LogP contribution in [-0.4, -0.2) is 35.8 Å². The number of hydrogen-bond donors (Lipinski definition) is 2. The van der Waals surface area contributed by atoms with Crippen LogP contribution in [0.15, 0.2) is 18.2 Å². The fraction of sp³-hybridized carbons (Fsp3) is 0.500. The van der Waals surface area contributed by atoms with E-state index in [0.29, 0.717) is 22.3 Å². The monoisotopic (exact) mass is 359 g/mol. The van der Waals surface area contributed by atoms with Gasteiger partial charge in [0.05, 0.1) is 28.3 Å². The maximum atomic E-state index is 12.4. The second-order valence-corrected chi connectivity index (χ2v) is 6.22. The highest BCUT2D eigenvalue weighted by Gasteiger charge is 2.25. The first-order chi connectivity index (χ1) is 10.8. The van der Waals surface area contributed by atoms with E-state index >= 15 is 0 Å². The van der Waals surface area contributed by atoms with E-state index in [1.807, 2.05) is 13.8 Å². The number of carbonyl (C=O) groups excluding carboxylic acids is 2. The molecular weight excluding hydrogens is 337 g/mol. The molecule has 2 amide bonds. The Morgan fingerprint density at radius 1 is 1.26 bits per heavy atom. The molecule has 5 nitrogen and oxygen atoms in total. The summed E-state index contributed by atoms with van der Waals surface area (Å²) in [5.74, 6) is -0.550. The van der Waals surface area contributed by atoms with Gasteiger partial charge < -0.3 is 16.0 Å². The Balaban J connectivity index is 2.76. The van der Waals surface area contributed by atoms with Crippen molar-refractivity contribution in [2.45, 2.75) is 33.2 Å². The van der Waals surface area contributed by atoms with Crippen molar-refractivity contribution in [3.8, 4) is 0 Å². The van der Waals surface area contributed by atoms with Crippen LogP contribution in [0.5, 0.6) is 0 Å². The van der Waals surface area contributed by atoms with E-state index in [1.165, 1.54) is 4.90 Å². The smallest absolute Gasteiger partial charge is 0.244 e. The van der Waals surface area contributed by atoms with Crippen molar-refractivity contribution in [2.75, 3.05) is 18.4 Å². The van der Waals surface area contributed by atoms with E-state index in [0.717, 1.165) is 6.42 Å². The van der Waals surface area contributed by atoms with Gasteiger partial charge in [0.25, 0.3) is 0 Å². The molecule has 0 aliphatic carbocycles. The van der Waals surface area contributed by atoms with Crippen molar-refractivity contribution in [3.05, 3.63) is 28.2 Å². The summed E-state index contributed by atoms with van der Waals surface area (Å²) in [5.41, 5.74) is 6.30.